The zero-order valence-electron chi connectivity index (χ0n) is 18.0. The Morgan fingerprint density at radius 3 is 2.90 bits per heavy atom. The maximum Gasteiger partial charge on any atom is 0.143 e. The van der Waals surface area contributed by atoms with E-state index in [4.69, 9.17) is 4.98 Å². The molecular formula is C23H31N7O. The van der Waals surface area contributed by atoms with Gasteiger partial charge >= 0.3 is 0 Å². The number of pyridine rings is 1. The van der Waals surface area contributed by atoms with E-state index in [1.54, 1.807) is 6.33 Å². The molecule has 0 amide bonds. The Labute approximate surface area is 182 Å². The van der Waals surface area contributed by atoms with Gasteiger partial charge in [-0.2, -0.15) is 0 Å². The van der Waals surface area contributed by atoms with Crippen LogP contribution >= 0.6 is 0 Å². The second-order valence-corrected chi connectivity index (χ2v) is 8.84. The lowest BCUT2D eigenvalue weighted by Gasteiger charge is -2.32. The van der Waals surface area contributed by atoms with E-state index in [1.807, 2.05) is 0 Å². The first kappa shape index (κ1) is 20.2. The number of aliphatic hydroxyl groups excluding tert-OH is 1. The van der Waals surface area contributed by atoms with Crippen molar-refractivity contribution in [3.05, 3.63) is 42.0 Å². The highest BCUT2D eigenvalue weighted by atomic mass is 16.3. The zero-order chi connectivity index (χ0) is 21.2. The summed E-state index contributed by atoms with van der Waals surface area (Å²) in [5, 5.41) is 17.9. The molecular weight excluding hydrogens is 390 g/mol. The van der Waals surface area contributed by atoms with Crippen LogP contribution in [0.25, 0.3) is 11.0 Å². The van der Waals surface area contributed by atoms with Gasteiger partial charge in [-0.05, 0) is 56.2 Å². The van der Waals surface area contributed by atoms with Gasteiger partial charge in [-0.3, -0.25) is 0 Å². The second-order valence-electron chi connectivity index (χ2n) is 8.84. The normalized spacial score (nSPS) is 24.5. The van der Waals surface area contributed by atoms with Crippen molar-refractivity contribution in [3.63, 3.8) is 0 Å². The molecule has 0 bridgehead atoms. The van der Waals surface area contributed by atoms with Gasteiger partial charge in [0.25, 0.3) is 0 Å². The molecule has 8 nitrogen and oxygen atoms in total. The molecule has 3 aromatic heterocycles. The Hall–Kier alpha value is -2.71. The highest BCUT2D eigenvalue weighted by Gasteiger charge is 2.25. The molecule has 1 aliphatic heterocycles. The third-order valence-electron chi connectivity index (χ3n) is 6.56. The first-order chi connectivity index (χ1) is 15.2. The van der Waals surface area contributed by atoms with Gasteiger partial charge in [-0.25, -0.2) is 15.0 Å². The highest BCUT2D eigenvalue weighted by molar-refractivity contribution is 5.90. The van der Waals surface area contributed by atoms with E-state index in [9.17, 15) is 5.11 Å². The predicted molar refractivity (Wildman–Crippen MR) is 122 cm³/mol. The van der Waals surface area contributed by atoms with Crippen molar-refractivity contribution in [2.24, 2.45) is 0 Å². The number of aliphatic hydroxyl groups is 1. The molecule has 5 rings (SSSR count). The fourth-order valence-electron chi connectivity index (χ4n) is 4.89. The van der Waals surface area contributed by atoms with E-state index in [0.717, 1.165) is 73.7 Å². The summed E-state index contributed by atoms with van der Waals surface area (Å²) >= 11 is 0. The van der Waals surface area contributed by atoms with Crippen LogP contribution in [0.4, 0.5) is 11.6 Å². The van der Waals surface area contributed by atoms with Gasteiger partial charge < -0.3 is 25.6 Å². The van der Waals surface area contributed by atoms with Crippen LogP contribution in [0.2, 0.25) is 0 Å². The van der Waals surface area contributed by atoms with Crippen molar-refractivity contribution < 1.29 is 5.11 Å². The lowest BCUT2D eigenvalue weighted by molar-refractivity contribution is 0.123. The van der Waals surface area contributed by atoms with Crippen LogP contribution in [-0.2, 0) is 6.54 Å². The summed E-state index contributed by atoms with van der Waals surface area (Å²) in [5.41, 5.74) is 3.10. The van der Waals surface area contributed by atoms with Gasteiger partial charge in [0, 0.05) is 31.9 Å². The maximum atomic E-state index is 9.87. The second kappa shape index (κ2) is 8.80. The monoisotopic (exact) mass is 421 g/mol. The topological polar surface area (TPSA) is 102 Å². The number of nitrogens with zero attached hydrogens (tertiary/aromatic N) is 4. The summed E-state index contributed by atoms with van der Waals surface area (Å²) in [4.78, 5) is 19.5. The zero-order valence-corrected chi connectivity index (χ0v) is 18.0. The number of aromatic nitrogens is 4. The number of fused-ring (bicyclic) bond motifs is 1. The van der Waals surface area contributed by atoms with Crippen molar-refractivity contribution in [3.8, 4) is 0 Å². The summed E-state index contributed by atoms with van der Waals surface area (Å²) in [5.74, 6) is 2.30. The smallest absolute Gasteiger partial charge is 0.143 e. The Balaban J connectivity index is 1.34. The molecule has 0 radical (unpaired) electrons. The predicted octanol–water partition coefficient (Wildman–Crippen LogP) is 2.78. The lowest BCUT2D eigenvalue weighted by atomic mass is 9.83. The van der Waals surface area contributed by atoms with Gasteiger partial charge in [-0.1, -0.05) is 6.07 Å². The molecule has 1 saturated carbocycles. The number of nitrogens with one attached hydrogen (secondary N) is 3. The minimum atomic E-state index is -0.160. The van der Waals surface area contributed by atoms with Crippen LogP contribution in [0.5, 0.6) is 0 Å². The molecule has 4 N–H and O–H groups in total. The van der Waals surface area contributed by atoms with Crippen LogP contribution in [0.15, 0.2) is 30.7 Å². The van der Waals surface area contributed by atoms with E-state index in [-0.39, 0.29) is 6.10 Å². The highest BCUT2D eigenvalue weighted by Crippen LogP contribution is 2.38. The number of rotatable bonds is 5. The number of aromatic amines is 1. The van der Waals surface area contributed by atoms with Crippen molar-refractivity contribution in [2.45, 2.75) is 57.2 Å². The van der Waals surface area contributed by atoms with E-state index >= 15 is 0 Å². The van der Waals surface area contributed by atoms with Crippen LogP contribution in [0.1, 0.15) is 49.8 Å². The van der Waals surface area contributed by atoms with E-state index < -0.39 is 0 Å². The Kier molecular flexibility index (Phi) is 5.74. The van der Waals surface area contributed by atoms with Crippen molar-refractivity contribution in [1.29, 1.82) is 0 Å². The first-order valence-electron chi connectivity index (χ1n) is 11.4. The third kappa shape index (κ3) is 4.36. The minimum Gasteiger partial charge on any atom is -0.393 e. The van der Waals surface area contributed by atoms with Gasteiger partial charge in [0.05, 0.1) is 23.7 Å². The molecule has 0 aromatic carbocycles. The molecule has 3 aromatic rings. The molecule has 1 unspecified atom stereocenters. The van der Waals surface area contributed by atoms with Crippen LogP contribution in [0.3, 0.4) is 0 Å². The number of hydrogen-bond donors (Lipinski definition) is 4. The fraction of sp³-hybridized carbons (Fsp3) is 0.522. The molecule has 1 atom stereocenters. The van der Waals surface area contributed by atoms with Crippen LogP contribution in [-0.4, -0.2) is 56.8 Å². The summed E-state index contributed by atoms with van der Waals surface area (Å²) in [6, 6.07) is 6.70. The van der Waals surface area contributed by atoms with Crippen LogP contribution in [0, 0.1) is 0 Å². The van der Waals surface area contributed by atoms with Crippen molar-refractivity contribution >= 4 is 22.7 Å². The molecule has 4 heterocycles. The van der Waals surface area contributed by atoms with Crippen molar-refractivity contribution in [1.82, 2.24) is 25.3 Å². The standard InChI is InChI=1S/C23H31N7O/c1-15-13-30(10-9-24-15)20-4-2-3-17(29-20)11-25-22-21-19(12-26-23(21)28-14-27-22)16-5-7-18(31)8-6-16/h2-4,12,14-16,18,24,31H,5-11,13H2,1H3,(H2,25,26,27,28). The van der Waals surface area contributed by atoms with Gasteiger partial charge in [0.15, 0.2) is 0 Å². The molecule has 1 aliphatic carbocycles. The SMILES string of the molecule is CC1CN(c2cccc(CNc3ncnc4[nH]cc(C5CCC(O)CC5)c34)n2)CCN1. The number of anilines is 2. The maximum absolute atomic E-state index is 9.87. The van der Waals surface area contributed by atoms with Gasteiger partial charge in [-0.15, -0.1) is 0 Å². The van der Waals surface area contributed by atoms with Gasteiger partial charge in [0.1, 0.15) is 23.6 Å². The molecule has 164 valence electrons. The molecule has 8 heteroatoms. The third-order valence-corrected chi connectivity index (χ3v) is 6.56. The largest absolute Gasteiger partial charge is 0.393 e. The summed E-state index contributed by atoms with van der Waals surface area (Å²) in [6.45, 7) is 5.75. The summed E-state index contributed by atoms with van der Waals surface area (Å²) < 4.78 is 0. The molecule has 31 heavy (non-hydrogen) atoms. The average Bonchev–Trinajstić information content (AvgIpc) is 3.23. The Morgan fingerprint density at radius 1 is 1.19 bits per heavy atom. The number of hydrogen-bond acceptors (Lipinski definition) is 7. The summed E-state index contributed by atoms with van der Waals surface area (Å²) in [6.07, 6.45) is 7.21. The lowest BCUT2D eigenvalue weighted by Crippen LogP contribution is -2.49. The molecule has 1 saturated heterocycles. The van der Waals surface area contributed by atoms with Gasteiger partial charge in [0.2, 0.25) is 0 Å². The quantitative estimate of drug-likeness (QED) is 0.502. The molecule has 2 fully saturated rings. The van der Waals surface area contributed by atoms with Crippen LogP contribution < -0.4 is 15.5 Å². The first-order valence-corrected chi connectivity index (χ1v) is 11.4. The summed E-state index contributed by atoms with van der Waals surface area (Å²) in [7, 11) is 0. The molecule has 0 spiro atoms. The number of H-pyrrole nitrogens is 1. The molecule has 2 aliphatic rings. The Morgan fingerprint density at radius 2 is 2.06 bits per heavy atom. The Bertz CT molecular complexity index is 1030. The van der Waals surface area contributed by atoms with E-state index in [0.29, 0.717) is 18.5 Å². The van der Waals surface area contributed by atoms with Crippen molar-refractivity contribution in [2.75, 3.05) is 29.9 Å². The van der Waals surface area contributed by atoms with E-state index in [2.05, 4.69) is 61.8 Å². The number of piperazine rings is 1. The van der Waals surface area contributed by atoms with E-state index in [1.165, 1.54) is 5.56 Å². The fourth-order valence-corrected chi connectivity index (χ4v) is 4.89. The average molecular weight is 422 g/mol. The minimum absolute atomic E-state index is 0.160.